The number of nitrogens with one attached hydrogen (secondary N) is 1. The lowest BCUT2D eigenvalue weighted by atomic mass is 10.2. The maximum Gasteiger partial charge on any atom is 0.203 e. The first kappa shape index (κ1) is 12.2. The van der Waals surface area contributed by atoms with Gasteiger partial charge in [0.25, 0.3) is 0 Å². The molecular weight excluding hydrogens is 258 g/mol. The van der Waals surface area contributed by atoms with E-state index in [0.717, 1.165) is 22.1 Å². The summed E-state index contributed by atoms with van der Waals surface area (Å²) in [6.45, 7) is 0. The number of aromatic nitrogens is 1. The van der Waals surface area contributed by atoms with Crippen LogP contribution < -0.4 is 10.2 Å². The number of ether oxygens (including phenoxy) is 1. The van der Waals surface area contributed by atoms with Crippen molar-refractivity contribution in [3.8, 4) is 17.0 Å². The Bertz CT molecular complexity index is 573. The molecule has 0 radical (unpaired) electrons. The third kappa shape index (κ3) is 3.12. The second-order valence-corrected chi connectivity index (χ2v) is 5.35. The zero-order valence-corrected chi connectivity index (χ0v) is 11.5. The topological polar surface area (TPSA) is 46.5 Å². The second kappa shape index (κ2) is 5.40. The molecule has 0 spiro atoms. The molecule has 1 aromatic carbocycles. The summed E-state index contributed by atoms with van der Waals surface area (Å²) in [5, 5.41) is 7.04. The van der Waals surface area contributed by atoms with Crippen molar-refractivity contribution in [3.63, 3.8) is 0 Å². The van der Waals surface area contributed by atoms with E-state index in [1.54, 1.807) is 18.4 Å². The normalized spacial score (nSPS) is 14.8. The van der Waals surface area contributed by atoms with E-state index in [0.29, 0.717) is 5.92 Å². The van der Waals surface area contributed by atoms with Crippen LogP contribution in [0.4, 0.5) is 5.13 Å². The Morgan fingerprint density at radius 3 is 2.84 bits per heavy atom. The fraction of sp³-hybridized carbons (Fsp3) is 0.286. The number of methoxy groups -OCH3 is 1. The first-order valence-electron chi connectivity index (χ1n) is 6.24. The summed E-state index contributed by atoms with van der Waals surface area (Å²) < 4.78 is 5.14. The lowest BCUT2D eigenvalue weighted by Crippen LogP contribution is -1.89. The summed E-state index contributed by atoms with van der Waals surface area (Å²) in [6, 6.07) is 7.89. The quantitative estimate of drug-likeness (QED) is 0.668. The molecule has 4 nitrogen and oxygen atoms in total. The predicted molar refractivity (Wildman–Crippen MR) is 78.9 cm³/mol. The molecule has 1 saturated carbocycles. The molecule has 98 valence electrons. The van der Waals surface area contributed by atoms with Crippen molar-refractivity contribution in [2.45, 2.75) is 12.8 Å². The number of hydrazone groups is 1. The van der Waals surface area contributed by atoms with Crippen LogP contribution in [0.1, 0.15) is 12.8 Å². The number of benzene rings is 1. The van der Waals surface area contributed by atoms with Gasteiger partial charge in [0.2, 0.25) is 5.13 Å². The van der Waals surface area contributed by atoms with Crippen LogP contribution in [0.2, 0.25) is 0 Å². The third-order valence-corrected chi connectivity index (χ3v) is 3.70. The van der Waals surface area contributed by atoms with Gasteiger partial charge in [0, 0.05) is 17.2 Å². The molecule has 0 atom stereocenters. The van der Waals surface area contributed by atoms with Gasteiger partial charge in [0.1, 0.15) is 5.75 Å². The summed E-state index contributed by atoms with van der Waals surface area (Å²) in [4.78, 5) is 4.51. The largest absolute Gasteiger partial charge is 0.497 e. The highest BCUT2D eigenvalue weighted by atomic mass is 32.1. The van der Waals surface area contributed by atoms with Gasteiger partial charge in [-0.05, 0) is 43.0 Å². The van der Waals surface area contributed by atoms with Crippen molar-refractivity contribution < 1.29 is 4.74 Å². The van der Waals surface area contributed by atoms with E-state index >= 15 is 0 Å². The standard InChI is InChI=1S/C14H15N3OS/c1-18-12-6-4-11(5-7-12)13-9-19-14(16-13)17-15-8-10-2-3-10/h4-10H,2-3H2,1H3,(H,16,17)/b15-8+. The van der Waals surface area contributed by atoms with Gasteiger partial charge in [-0.3, -0.25) is 5.43 Å². The molecule has 0 amide bonds. The van der Waals surface area contributed by atoms with Crippen LogP contribution in [0.3, 0.4) is 0 Å². The third-order valence-electron chi connectivity index (χ3n) is 2.96. The van der Waals surface area contributed by atoms with Crippen LogP contribution >= 0.6 is 11.3 Å². The molecule has 0 aliphatic heterocycles. The number of hydrogen-bond donors (Lipinski definition) is 1. The minimum absolute atomic E-state index is 0.675. The lowest BCUT2D eigenvalue weighted by Gasteiger charge is -2.00. The van der Waals surface area contributed by atoms with E-state index in [1.807, 2.05) is 35.9 Å². The number of hydrogen-bond acceptors (Lipinski definition) is 5. The van der Waals surface area contributed by atoms with Crippen LogP contribution in [-0.4, -0.2) is 18.3 Å². The van der Waals surface area contributed by atoms with E-state index in [-0.39, 0.29) is 0 Å². The summed E-state index contributed by atoms with van der Waals surface area (Å²) in [6.07, 6.45) is 4.49. The molecule has 1 fully saturated rings. The maximum absolute atomic E-state index is 5.14. The zero-order chi connectivity index (χ0) is 13.1. The molecule has 3 rings (SSSR count). The van der Waals surface area contributed by atoms with Crippen LogP contribution in [0.15, 0.2) is 34.7 Å². The number of anilines is 1. The molecular formula is C14H15N3OS. The average Bonchev–Trinajstić information content (AvgIpc) is 3.15. The Balaban J connectivity index is 1.68. The Kier molecular flexibility index (Phi) is 3.46. The first-order chi connectivity index (χ1) is 9.35. The molecule has 2 aromatic rings. The van der Waals surface area contributed by atoms with Gasteiger partial charge in [-0.25, -0.2) is 4.98 Å². The van der Waals surface area contributed by atoms with Gasteiger partial charge in [-0.15, -0.1) is 11.3 Å². The van der Waals surface area contributed by atoms with E-state index in [4.69, 9.17) is 4.74 Å². The van der Waals surface area contributed by atoms with Crippen LogP contribution in [-0.2, 0) is 0 Å². The minimum atomic E-state index is 0.675. The summed E-state index contributed by atoms with van der Waals surface area (Å²) >= 11 is 1.56. The van der Waals surface area contributed by atoms with Gasteiger partial charge >= 0.3 is 0 Å². The SMILES string of the molecule is COc1ccc(-c2csc(N/N=C/C3CC3)n2)cc1. The van der Waals surface area contributed by atoms with E-state index in [1.165, 1.54) is 12.8 Å². The van der Waals surface area contributed by atoms with Crippen molar-refractivity contribution >= 4 is 22.7 Å². The fourth-order valence-corrected chi connectivity index (χ4v) is 2.33. The summed E-state index contributed by atoms with van der Waals surface area (Å²) in [7, 11) is 1.66. The number of thiazole rings is 1. The Labute approximate surface area is 116 Å². The van der Waals surface area contributed by atoms with Crippen molar-refractivity contribution in [1.29, 1.82) is 0 Å². The predicted octanol–water partition coefficient (Wildman–Crippen LogP) is 3.63. The van der Waals surface area contributed by atoms with Crippen molar-refractivity contribution in [3.05, 3.63) is 29.6 Å². The van der Waals surface area contributed by atoms with Gasteiger partial charge in [0.15, 0.2) is 0 Å². The van der Waals surface area contributed by atoms with Gasteiger partial charge < -0.3 is 4.74 Å². The maximum atomic E-state index is 5.14. The van der Waals surface area contributed by atoms with Crippen LogP contribution in [0.5, 0.6) is 5.75 Å². The molecule has 0 unspecified atom stereocenters. The molecule has 1 heterocycles. The minimum Gasteiger partial charge on any atom is -0.497 e. The molecule has 5 heteroatoms. The second-order valence-electron chi connectivity index (χ2n) is 4.49. The van der Waals surface area contributed by atoms with E-state index < -0.39 is 0 Å². The first-order valence-corrected chi connectivity index (χ1v) is 7.12. The fourth-order valence-electron chi connectivity index (χ4n) is 1.66. The number of rotatable bonds is 5. The zero-order valence-electron chi connectivity index (χ0n) is 10.7. The van der Waals surface area contributed by atoms with Gasteiger partial charge in [0.05, 0.1) is 12.8 Å². The van der Waals surface area contributed by atoms with E-state index in [2.05, 4.69) is 15.5 Å². The van der Waals surface area contributed by atoms with Gasteiger partial charge in [-0.1, -0.05) is 0 Å². The smallest absolute Gasteiger partial charge is 0.203 e. The van der Waals surface area contributed by atoms with Crippen molar-refractivity contribution in [2.24, 2.45) is 11.0 Å². The van der Waals surface area contributed by atoms with Crippen molar-refractivity contribution in [1.82, 2.24) is 4.98 Å². The monoisotopic (exact) mass is 273 g/mol. The molecule has 1 aliphatic rings. The average molecular weight is 273 g/mol. The molecule has 1 N–H and O–H groups in total. The summed E-state index contributed by atoms with van der Waals surface area (Å²) in [5.74, 6) is 1.53. The highest BCUT2D eigenvalue weighted by Gasteiger charge is 2.18. The van der Waals surface area contributed by atoms with E-state index in [9.17, 15) is 0 Å². The van der Waals surface area contributed by atoms with Crippen LogP contribution in [0, 0.1) is 5.92 Å². The van der Waals surface area contributed by atoms with Crippen LogP contribution in [0.25, 0.3) is 11.3 Å². The molecule has 0 bridgehead atoms. The Morgan fingerprint density at radius 1 is 1.37 bits per heavy atom. The molecule has 0 saturated heterocycles. The van der Waals surface area contributed by atoms with Gasteiger partial charge in [-0.2, -0.15) is 5.10 Å². The lowest BCUT2D eigenvalue weighted by molar-refractivity contribution is 0.415. The Hall–Kier alpha value is -1.88. The molecule has 1 aliphatic carbocycles. The number of nitrogens with zero attached hydrogens (tertiary/aromatic N) is 2. The molecule has 19 heavy (non-hydrogen) atoms. The summed E-state index contributed by atoms with van der Waals surface area (Å²) in [5.41, 5.74) is 5.02. The highest BCUT2D eigenvalue weighted by molar-refractivity contribution is 7.14. The Morgan fingerprint density at radius 2 is 2.16 bits per heavy atom. The van der Waals surface area contributed by atoms with Crippen molar-refractivity contribution in [2.75, 3.05) is 12.5 Å². The highest BCUT2D eigenvalue weighted by Crippen LogP contribution is 2.28. The molecule has 1 aromatic heterocycles.